The zero-order valence-corrected chi connectivity index (χ0v) is 19.0. The Morgan fingerprint density at radius 3 is 2.56 bits per heavy atom. The van der Waals surface area contributed by atoms with E-state index in [2.05, 4.69) is 4.98 Å². The lowest BCUT2D eigenvalue weighted by Gasteiger charge is -2.35. The molecular formula is C28H26N2O4. The van der Waals surface area contributed by atoms with Gasteiger partial charge in [0.2, 0.25) is 5.89 Å². The van der Waals surface area contributed by atoms with Gasteiger partial charge in [-0.1, -0.05) is 54.6 Å². The van der Waals surface area contributed by atoms with Gasteiger partial charge in [-0.3, -0.25) is 9.69 Å². The Labute approximate surface area is 198 Å². The SMILES string of the molecule is Cc1oc(-c2ccccc2)nc1COc1ccc2c(c1)C(C(=O)O)N(Cc1ccccc1)CC2. The third kappa shape index (κ3) is 4.58. The van der Waals surface area contributed by atoms with Gasteiger partial charge in [-0.15, -0.1) is 0 Å². The molecule has 1 unspecified atom stereocenters. The lowest BCUT2D eigenvalue weighted by atomic mass is 9.92. The number of nitrogens with zero attached hydrogens (tertiary/aromatic N) is 2. The van der Waals surface area contributed by atoms with Crippen molar-refractivity contribution in [2.24, 2.45) is 0 Å². The van der Waals surface area contributed by atoms with E-state index in [1.165, 1.54) is 0 Å². The maximum absolute atomic E-state index is 12.3. The van der Waals surface area contributed by atoms with E-state index >= 15 is 0 Å². The van der Waals surface area contributed by atoms with Crippen LogP contribution in [0.4, 0.5) is 0 Å². The third-order valence-corrected chi connectivity index (χ3v) is 6.20. The minimum atomic E-state index is -0.853. The van der Waals surface area contributed by atoms with Gasteiger partial charge < -0.3 is 14.3 Å². The molecule has 0 aliphatic carbocycles. The summed E-state index contributed by atoms with van der Waals surface area (Å²) < 4.78 is 11.9. The number of ether oxygens (including phenoxy) is 1. The largest absolute Gasteiger partial charge is 0.487 e. The van der Waals surface area contributed by atoms with Crippen LogP contribution in [0.5, 0.6) is 5.75 Å². The summed E-state index contributed by atoms with van der Waals surface area (Å²) >= 11 is 0. The van der Waals surface area contributed by atoms with Crippen LogP contribution in [0.1, 0.15) is 34.2 Å². The van der Waals surface area contributed by atoms with Crippen LogP contribution >= 0.6 is 0 Å². The predicted octanol–water partition coefficient (Wildman–Crippen LogP) is 5.41. The maximum Gasteiger partial charge on any atom is 0.325 e. The highest BCUT2D eigenvalue weighted by Gasteiger charge is 2.33. The van der Waals surface area contributed by atoms with Gasteiger partial charge in [0.05, 0.1) is 0 Å². The number of oxazole rings is 1. The van der Waals surface area contributed by atoms with E-state index in [1.807, 2.05) is 90.7 Å². The molecule has 4 aromatic rings. The molecule has 0 amide bonds. The highest BCUT2D eigenvalue weighted by Crippen LogP contribution is 2.34. The summed E-state index contributed by atoms with van der Waals surface area (Å²) in [5, 5.41) is 10.1. The summed E-state index contributed by atoms with van der Waals surface area (Å²) in [6, 6.07) is 24.7. The second-order valence-corrected chi connectivity index (χ2v) is 8.48. The molecule has 6 heteroatoms. The molecule has 0 saturated heterocycles. The molecule has 0 radical (unpaired) electrons. The van der Waals surface area contributed by atoms with Gasteiger partial charge in [-0.25, -0.2) is 4.98 Å². The summed E-state index contributed by atoms with van der Waals surface area (Å²) in [7, 11) is 0. The van der Waals surface area contributed by atoms with E-state index in [0.29, 0.717) is 30.5 Å². The zero-order valence-electron chi connectivity index (χ0n) is 19.0. The molecule has 1 atom stereocenters. The van der Waals surface area contributed by atoms with Crippen molar-refractivity contribution in [1.82, 2.24) is 9.88 Å². The first-order chi connectivity index (χ1) is 16.6. The van der Waals surface area contributed by atoms with E-state index in [0.717, 1.165) is 34.4 Å². The van der Waals surface area contributed by atoms with E-state index in [4.69, 9.17) is 9.15 Å². The van der Waals surface area contributed by atoms with E-state index in [1.54, 1.807) is 0 Å². The monoisotopic (exact) mass is 454 g/mol. The second-order valence-electron chi connectivity index (χ2n) is 8.48. The molecule has 172 valence electrons. The standard InChI is InChI=1S/C28H26N2O4/c1-19-25(29-27(34-19)22-10-6-3-7-11-22)18-33-23-13-12-21-14-15-30(17-20-8-4-2-5-9-20)26(28(31)32)24(21)16-23/h2-13,16,26H,14-15,17-18H2,1H3,(H,31,32). The highest BCUT2D eigenvalue weighted by molar-refractivity contribution is 5.77. The number of benzene rings is 3. The summed E-state index contributed by atoms with van der Waals surface area (Å²) in [6.45, 7) is 3.39. The average Bonchev–Trinajstić information content (AvgIpc) is 3.24. The van der Waals surface area contributed by atoms with Crippen molar-refractivity contribution in [2.75, 3.05) is 6.54 Å². The number of rotatable bonds is 7. The lowest BCUT2D eigenvalue weighted by Crippen LogP contribution is -2.39. The molecule has 3 aromatic carbocycles. The molecule has 6 nitrogen and oxygen atoms in total. The number of carbonyl (C=O) groups is 1. The number of carboxylic acid groups (broad SMARTS) is 1. The van der Waals surface area contributed by atoms with Crippen molar-refractivity contribution < 1.29 is 19.1 Å². The van der Waals surface area contributed by atoms with Crippen LogP contribution in [0, 0.1) is 6.92 Å². The molecule has 0 saturated carbocycles. The third-order valence-electron chi connectivity index (χ3n) is 6.20. The van der Waals surface area contributed by atoms with Gasteiger partial charge in [0.25, 0.3) is 0 Å². The smallest absolute Gasteiger partial charge is 0.325 e. The predicted molar refractivity (Wildman–Crippen MR) is 128 cm³/mol. The minimum absolute atomic E-state index is 0.242. The van der Waals surface area contributed by atoms with Gasteiger partial charge in [0.1, 0.15) is 29.9 Å². The Balaban J connectivity index is 1.35. The first kappa shape index (κ1) is 21.9. The van der Waals surface area contributed by atoms with Gasteiger partial charge in [0.15, 0.2) is 0 Å². The average molecular weight is 455 g/mol. The molecule has 1 aliphatic heterocycles. The molecule has 0 bridgehead atoms. The summed E-state index contributed by atoms with van der Waals surface area (Å²) in [6.07, 6.45) is 0.801. The number of hydrogen-bond donors (Lipinski definition) is 1. The Morgan fingerprint density at radius 2 is 1.82 bits per heavy atom. The Bertz CT molecular complexity index is 1280. The van der Waals surface area contributed by atoms with Gasteiger partial charge in [0, 0.05) is 18.7 Å². The normalized spacial score (nSPS) is 15.6. The highest BCUT2D eigenvalue weighted by atomic mass is 16.5. The molecule has 0 spiro atoms. The van der Waals surface area contributed by atoms with Crippen LogP contribution < -0.4 is 4.74 Å². The molecule has 34 heavy (non-hydrogen) atoms. The van der Waals surface area contributed by atoms with Crippen LogP contribution in [-0.2, 0) is 24.4 Å². The number of aromatic nitrogens is 1. The number of aliphatic carboxylic acids is 1. The fourth-order valence-corrected chi connectivity index (χ4v) is 4.43. The first-order valence-corrected chi connectivity index (χ1v) is 11.4. The van der Waals surface area contributed by atoms with Crippen LogP contribution in [0.2, 0.25) is 0 Å². The number of carboxylic acids is 1. The lowest BCUT2D eigenvalue weighted by molar-refractivity contribution is -0.144. The Kier molecular flexibility index (Phi) is 6.14. The summed E-state index contributed by atoms with van der Waals surface area (Å²) in [5.74, 6) is 1.03. The van der Waals surface area contributed by atoms with E-state index < -0.39 is 12.0 Å². The van der Waals surface area contributed by atoms with Crippen molar-refractivity contribution in [1.29, 1.82) is 0 Å². The minimum Gasteiger partial charge on any atom is -0.487 e. The van der Waals surface area contributed by atoms with Gasteiger partial charge >= 0.3 is 5.97 Å². The molecule has 1 aliphatic rings. The molecular weight excluding hydrogens is 428 g/mol. The Hall–Kier alpha value is -3.90. The van der Waals surface area contributed by atoms with Gasteiger partial charge in [-0.05, 0) is 54.3 Å². The van der Waals surface area contributed by atoms with E-state index in [-0.39, 0.29) is 6.61 Å². The topological polar surface area (TPSA) is 75.8 Å². The number of hydrogen-bond acceptors (Lipinski definition) is 5. The fourth-order valence-electron chi connectivity index (χ4n) is 4.43. The molecule has 5 rings (SSSR count). The van der Waals surface area contributed by atoms with Crippen LogP contribution in [0.25, 0.3) is 11.5 Å². The van der Waals surface area contributed by atoms with Crippen molar-refractivity contribution in [3.05, 3.63) is 107 Å². The maximum atomic E-state index is 12.3. The summed E-state index contributed by atoms with van der Waals surface area (Å²) in [5.41, 5.74) is 4.56. The quantitative estimate of drug-likeness (QED) is 0.402. The molecule has 1 aromatic heterocycles. The fraction of sp³-hybridized carbons (Fsp3) is 0.214. The molecule has 1 N–H and O–H groups in total. The Morgan fingerprint density at radius 1 is 1.09 bits per heavy atom. The number of aryl methyl sites for hydroxylation is 1. The van der Waals surface area contributed by atoms with Crippen LogP contribution in [-0.4, -0.2) is 27.5 Å². The van der Waals surface area contributed by atoms with Crippen LogP contribution in [0.3, 0.4) is 0 Å². The molecule has 0 fully saturated rings. The van der Waals surface area contributed by atoms with Crippen molar-refractivity contribution >= 4 is 5.97 Å². The van der Waals surface area contributed by atoms with Gasteiger partial charge in [-0.2, -0.15) is 0 Å². The van der Waals surface area contributed by atoms with E-state index in [9.17, 15) is 9.90 Å². The zero-order chi connectivity index (χ0) is 23.5. The van der Waals surface area contributed by atoms with Crippen LogP contribution in [0.15, 0.2) is 83.3 Å². The number of fused-ring (bicyclic) bond motifs is 1. The first-order valence-electron chi connectivity index (χ1n) is 11.4. The summed E-state index contributed by atoms with van der Waals surface area (Å²) in [4.78, 5) is 18.9. The van der Waals surface area contributed by atoms with Crippen molar-refractivity contribution in [3.8, 4) is 17.2 Å². The van der Waals surface area contributed by atoms with Crippen molar-refractivity contribution in [2.45, 2.75) is 32.5 Å². The molecule has 2 heterocycles. The second kappa shape index (κ2) is 9.53. The van der Waals surface area contributed by atoms with Crippen molar-refractivity contribution in [3.63, 3.8) is 0 Å².